The Balaban J connectivity index is 3.12. The quantitative estimate of drug-likeness (QED) is 0.515. The Kier molecular flexibility index (Phi) is 3.28. The molecule has 6 nitrogen and oxygen atoms in total. The van der Waals surface area contributed by atoms with Crippen molar-refractivity contribution < 1.29 is 9.47 Å². The third-order valence-electron chi connectivity index (χ3n) is 1.20. The Labute approximate surface area is 78.9 Å². The standard InChI is InChI=1S/C6H6N4O2S/c1-11-4-5(12-2)8-10-9-6(4)13-3-7/h1-2H3. The molecule has 13 heavy (non-hydrogen) atoms. The number of methoxy groups -OCH3 is 2. The highest BCUT2D eigenvalue weighted by atomic mass is 32.2. The molecule has 0 fully saturated rings. The van der Waals surface area contributed by atoms with Crippen molar-refractivity contribution >= 4 is 11.8 Å². The second-order valence-electron chi connectivity index (χ2n) is 1.83. The molecule has 0 bridgehead atoms. The highest BCUT2D eigenvalue weighted by Gasteiger charge is 2.13. The normalized spacial score (nSPS) is 9.00. The number of hydrogen-bond donors (Lipinski definition) is 0. The van der Waals surface area contributed by atoms with Crippen molar-refractivity contribution in [2.24, 2.45) is 0 Å². The van der Waals surface area contributed by atoms with Gasteiger partial charge in [-0.3, -0.25) is 0 Å². The van der Waals surface area contributed by atoms with Gasteiger partial charge in [0, 0.05) is 11.8 Å². The summed E-state index contributed by atoms with van der Waals surface area (Å²) in [5.41, 5.74) is 0. The van der Waals surface area contributed by atoms with Crippen LogP contribution in [0.15, 0.2) is 5.03 Å². The third-order valence-corrected chi connectivity index (χ3v) is 1.75. The number of hydrogen-bond acceptors (Lipinski definition) is 7. The molecule has 0 unspecified atom stereocenters. The molecule has 0 amide bonds. The summed E-state index contributed by atoms with van der Waals surface area (Å²) < 4.78 is 9.82. The van der Waals surface area contributed by atoms with Gasteiger partial charge in [0.05, 0.1) is 14.2 Å². The van der Waals surface area contributed by atoms with Gasteiger partial charge >= 0.3 is 0 Å². The van der Waals surface area contributed by atoms with Crippen molar-refractivity contribution in [3.63, 3.8) is 0 Å². The third kappa shape index (κ3) is 1.97. The summed E-state index contributed by atoms with van der Waals surface area (Å²) in [6, 6.07) is 0. The molecule has 0 radical (unpaired) electrons. The van der Waals surface area contributed by atoms with E-state index in [-0.39, 0.29) is 5.88 Å². The average Bonchev–Trinajstić information content (AvgIpc) is 2.18. The van der Waals surface area contributed by atoms with Crippen LogP contribution in [-0.4, -0.2) is 29.6 Å². The zero-order valence-corrected chi connectivity index (χ0v) is 7.83. The van der Waals surface area contributed by atoms with E-state index in [9.17, 15) is 0 Å². The summed E-state index contributed by atoms with van der Waals surface area (Å²) >= 11 is 0.843. The fraction of sp³-hybridized carbons (Fsp3) is 0.333. The Morgan fingerprint density at radius 1 is 1.31 bits per heavy atom. The van der Waals surface area contributed by atoms with Gasteiger partial charge in [-0.2, -0.15) is 5.26 Å². The molecule has 68 valence electrons. The van der Waals surface area contributed by atoms with Crippen molar-refractivity contribution in [1.82, 2.24) is 15.4 Å². The maximum atomic E-state index is 8.43. The second-order valence-corrected chi connectivity index (χ2v) is 2.60. The number of nitriles is 1. The SMILES string of the molecule is COc1nnnc(SC#N)c1OC. The number of rotatable bonds is 3. The van der Waals surface area contributed by atoms with Crippen molar-refractivity contribution in [2.45, 2.75) is 5.03 Å². The van der Waals surface area contributed by atoms with Gasteiger partial charge in [-0.15, -0.1) is 5.10 Å². The van der Waals surface area contributed by atoms with Gasteiger partial charge in [-0.05, 0) is 5.21 Å². The smallest absolute Gasteiger partial charge is 0.280 e. The average molecular weight is 198 g/mol. The molecule has 1 rings (SSSR count). The minimum atomic E-state index is 0.218. The van der Waals surface area contributed by atoms with Crippen LogP contribution in [0.1, 0.15) is 0 Å². The second kappa shape index (κ2) is 4.47. The minimum absolute atomic E-state index is 0.218. The van der Waals surface area contributed by atoms with Gasteiger partial charge in [0.25, 0.3) is 5.88 Å². The van der Waals surface area contributed by atoms with E-state index in [2.05, 4.69) is 15.4 Å². The van der Waals surface area contributed by atoms with Gasteiger partial charge in [-0.1, -0.05) is 5.10 Å². The van der Waals surface area contributed by atoms with Crippen LogP contribution in [-0.2, 0) is 0 Å². The number of ether oxygens (including phenoxy) is 2. The van der Waals surface area contributed by atoms with Crippen molar-refractivity contribution in [3.05, 3.63) is 0 Å². The lowest BCUT2D eigenvalue weighted by molar-refractivity contribution is 0.324. The molecule has 0 spiro atoms. The number of thioether (sulfide) groups is 1. The summed E-state index contributed by atoms with van der Waals surface area (Å²) in [5.74, 6) is 0.541. The molecule has 0 aliphatic heterocycles. The molecule has 0 aromatic carbocycles. The van der Waals surface area contributed by atoms with Crippen LogP contribution in [0.2, 0.25) is 0 Å². The van der Waals surface area contributed by atoms with Crippen molar-refractivity contribution in [2.75, 3.05) is 14.2 Å². The lowest BCUT2D eigenvalue weighted by Gasteiger charge is -2.05. The van der Waals surface area contributed by atoms with Crippen LogP contribution < -0.4 is 9.47 Å². The topological polar surface area (TPSA) is 80.9 Å². The van der Waals surface area contributed by atoms with Crippen molar-refractivity contribution in [1.29, 1.82) is 5.26 Å². The van der Waals surface area contributed by atoms with Crippen LogP contribution in [0.25, 0.3) is 0 Å². The molecule has 1 aromatic rings. The first-order valence-electron chi connectivity index (χ1n) is 3.20. The van der Waals surface area contributed by atoms with Crippen LogP contribution in [0.5, 0.6) is 11.6 Å². The fourth-order valence-corrected chi connectivity index (χ4v) is 1.13. The highest BCUT2D eigenvalue weighted by Crippen LogP contribution is 2.32. The Morgan fingerprint density at radius 3 is 2.62 bits per heavy atom. The molecule has 0 N–H and O–H groups in total. The van der Waals surface area contributed by atoms with E-state index >= 15 is 0 Å². The van der Waals surface area contributed by atoms with Gasteiger partial charge < -0.3 is 9.47 Å². The van der Waals surface area contributed by atoms with Crippen molar-refractivity contribution in [3.8, 4) is 17.0 Å². The summed E-state index contributed by atoms with van der Waals surface area (Å²) in [6.07, 6.45) is 0. The zero-order valence-electron chi connectivity index (χ0n) is 7.01. The molecule has 0 atom stereocenters. The first-order chi connectivity index (χ1) is 6.33. The predicted molar refractivity (Wildman–Crippen MR) is 44.4 cm³/mol. The summed E-state index contributed by atoms with van der Waals surface area (Å²) in [5, 5.41) is 21.2. The van der Waals surface area contributed by atoms with Crippen LogP contribution in [0.3, 0.4) is 0 Å². The molecule has 1 heterocycles. The summed E-state index contributed by atoms with van der Waals surface area (Å²) in [7, 11) is 2.88. The van der Waals surface area contributed by atoms with Gasteiger partial charge in [0.1, 0.15) is 5.40 Å². The van der Waals surface area contributed by atoms with E-state index < -0.39 is 0 Å². The molecule has 0 aliphatic carbocycles. The molecular weight excluding hydrogens is 192 g/mol. The lowest BCUT2D eigenvalue weighted by Crippen LogP contribution is -1.99. The number of aromatic nitrogens is 3. The van der Waals surface area contributed by atoms with E-state index in [1.165, 1.54) is 14.2 Å². The Hall–Kier alpha value is -1.55. The number of thiocyanates is 1. The maximum absolute atomic E-state index is 8.43. The monoisotopic (exact) mass is 198 g/mol. The van der Waals surface area contributed by atoms with E-state index in [1.54, 1.807) is 0 Å². The summed E-state index contributed by atoms with van der Waals surface area (Å²) in [4.78, 5) is 0. The van der Waals surface area contributed by atoms with E-state index in [4.69, 9.17) is 14.7 Å². The Morgan fingerprint density at radius 2 is 2.08 bits per heavy atom. The first kappa shape index (κ1) is 9.54. The minimum Gasteiger partial charge on any atom is -0.489 e. The molecule has 0 aliphatic rings. The molecule has 7 heteroatoms. The lowest BCUT2D eigenvalue weighted by atomic mass is 10.6. The molecular formula is C6H6N4O2S. The first-order valence-corrected chi connectivity index (χ1v) is 4.02. The molecule has 1 aromatic heterocycles. The van der Waals surface area contributed by atoms with Gasteiger partial charge in [-0.25, -0.2) is 0 Å². The largest absolute Gasteiger partial charge is 0.489 e. The van der Waals surface area contributed by atoms with Gasteiger partial charge in [0.15, 0.2) is 5.03 Å². The van der Waals surface area contributed by atoms with E-state index in [0.717, 1.165) is 11.8 Å². The Bertz CT molecular complexity index is 338. The zero-order chi connectivity index (χ0) is 9.68. The predicted octanol–water partition coefficient (Wildman–Crippen LogP) is 0.462. The van der Waals surface area contributed by atoms with Crippen LogP contribution in [0.4, 0.5) is 0 Å². The fourth-order valence-electron chi connectivity index (χ4n) is 0.704. The van der Waals surface area contributed by atoms with E-state index in [0.29, 0.717) is 10.8 Å². The van der Waals surface area contributed by atoms with Crippen LogP contribution >= 0.6 is 11.8 Å². The summed E-state index contributed by atoms with van der Waals surface area (Å²) in [6.45, 7) is 0. The maximum Gasteiger partial charge on any atom is 0.280 e. The highest BCUT2D eigenvalue weighted by molar-refractivity contribution is 8.03. The van der Waals surface area contributed by atoms with Crippen LogP contribution in [0, 0.1) is 10.7 Å². The molecule has 0 saturated carbocycles. The van der Waals surface area contributed by atoms with Gasteiger partial charge in [0.2, 0.25) is 5.75 Å². The van der Waals surface area contributed by atoms with E-state index in [1.807, 2.05) is 5.40 Å². The molecule has 0 saturated heterocycles. The number of nitrogens with zero attached hydrogens (tertiary/aromatic N) is 4.